The van der Waals surface area contributed by atoms with Crippen LogP contribution in [0, 0.1) is 0 Å². The average Bonchev–Trinajstić information content (AvgIpc) is 3.09. The summed E-state index contributed by atoms with van der Waals surface area (Å²) in [6.45, 7) is 0.663. The Morgan fingerprint density at radius 2 is 2.20 bits per heavy atom. The first kappa shape index (κ1) is 15.2. The summed E-state index contributed by atoms with van der Waals surface area (Å²) >= 11 is 3.41. The molecule has 0 saturated heterocycles. The molecule has 0 saturated carbocycles. The van der Waals surface area contributed by atoms with Crippen LogP contribution in [0.2, 0.25) is 0 Å². The van der Waals surface area contributed by atoms with E-state index in [1.54, 1.807) is 22.7 Å². The molecule has 1 atom stereocenters. The molecule has 5 heteroatoms. The summed E-state index contributed by atoms with van der Waals surface area (Å²) in [6, 6.07) is 6.49. The quantitative estimate of drug-likeness (QED) is 0.852. The lowest BCUT2D eigenvalue weighted by Crippen LogP contribution is -2.34. The molecule has 0 aliphatic heterocycles. The van der Waals surface area contributed by atoms with E-state index in [4.69, 9.17) is 0 Å². The number of nitrogens with zero attached hydrogens (tertiary/aromatic N) is 1. The first-order valence-corrected chi connectivity index (χ1v) is 8.46. The van der Waals surface area contributed by atoms with Crippen molar-refractivity contribution in [2.75, 3.05) is 20.6 Å². The van der Waals surface area contributed by atoms with Crippen LogP contribution in [0.1, 0.15) is 22.9 Å². The molecule has 0 radical (unpaired) electrons. The Morgan fingerprint density at radius 3 is 2.80 bits per heavy atom. The number of thiophene rings is 2. The van der Waals surface area contributed by atoms with Crippen LogP contribution in [0.15, 0.2) is 34.3 Å². The molecule has 0 spiro atoms. The summed E-state index contributed by atoms with van der Waals surface area (Å²) in [5.74, 6) is 0.125. The summed E-state index contributed by atoms with van der Waals surface area (Å²) in [7, 11) is 4.09. The molecule has 108 valence electrons. The van der Waals surface area contributed by atoms with Gasteiger partial charge in [-0.2, -0.15) is 11.3 Å². The Labute approximate surface area is 128 Å². The number of likely N-dealkylation sites (N-methyl/N-ethyl adjacent to an activating group) is 1. The lowest BCUT2D eigenvalue weighted by atomic mass is 10.2. The molecule has 2 aromatic rings. The zero-order chi connectivity index (χ0) is 14.4. The maximum Gasteiger partial charge on any atom is 0.220 e. The van der Waals surface area contributed by atoms with E-state index in [0.29, 0.717) is 13.0 Å². The molecule has 1 N–H and O–H groups in total. The molecule has 0 aliphatic rings. The van der Waals surface area contributed by atoms with Crippen LogP contribution in [-0.4, -0.2) is 31.4 Å². The van der Waals surface area contributed by atoms with E-state index in [9.17, 15) is 4.79 Å². The minimum absolute atomic E-state index is 0.125. The van der Waals surface area contributed by atoms with Gasteiger partial charge in [-0.05, 0) is 54.4 Å². The van der Waals surface area contributed by atoms with Gasteiger partial charge in [0.2, 0.25) is 5.91 Å². The van der Waals surface area contributed by atoms with Gasteiger partial charge in [0.05, 0.1) is 6.04 Å². The first-order chi connectivity index (χ1) is 9.66. The molecule has 0 aliphatic carbocycles. The second-order valence-corrected chi connectivity index (χ2v) is 6.69. The molecule has 1 amide bonds. The topological polar surface area (TPSA) is 32.3 Å². The Balaban J connectivity index is 1.79. The van der Waals surface area contributed by atoms with Crippen LogP contribution in [0.5, 0.6) is 0 Å². The van der Waals surface area contributed by atoms with E-state index >= 15 is 0 Å². The highest BCUT2D eigenvalue weighted by atomic mass is 32.1. The normalized spacial score (nSPS) is 12.6. The number of carbonyl (C=O) groups excluding carboxylic acids is 1. The van der Waals surface area contributed by atoms with Crippen molar-refractivity contribution in [3.63, 3.8) is 0 Å². The molecule has 2 rings (SSSR count). The van der Waals surface area contributed by atoms with Gasteiger partial charge >= 0.3 is 0 Å². The molecule has 1 unspecified atom stereocenters. The summed E-state index contributed by atoms with van der Waals surface area (Å²) in [6.07, 6.45) is 1.38. The summed E-state index contributed by atoms with van der Waals surface area (Å²) in [5.41, 5.74) is 1.24. The maximum absolute atomic E-state index is 11.9. The van der Waals surface area contributed by atoms with Crippen LogP contribution in [0.3, 0.4) is 0 Å². The van der Waals surface area contributed by atoms with Crippen LogP contribution >= 0.6 is 22.7 Å². The van der Waals surface area contributed by atoms with Gasteiger partial charge in [0.25, 0.3) is 0 Å². The number of aryl methyl sites for hydroxylation is 1. The van der Waals surface area contributed by atoms with Crippen LogP contribution in [0.25, 0.3) is 0 Å². The SMILES string of the molecule is CN(C)C(CNC(=O)CCc1ccsc1)c1cccs1. The number of hydrogen-bond acceptors (Lipinski definition) is 4. The third-order valence-electron chi connectivity index (χ3n) is 3.21. The first-order valence-electron chi connectivity index (χ1n) is 6.64. The summed E-state index contributed by atoms with van der Waals surface area (Å²) < 4.78 is 0. The standard InChI is InChI=1S/C15H20N2OS2/c1-17(2)13(14-4-3-8-20-14)10-16-15(18)6-5-12-7-9-19-11-12/h3-4,7-9,11,13H,5-6,10H2,1-2H3,(H,16,18). The van der Waals surface area contributed by atoms with E-state index in [0.717, 1.165) is 6.42 Å². The largest absolute Gasteiger partial charge is 0.354 e. The second kappa shape index (κ2) is 7.57. The highest BCUT2D eigenvalue weighted by Crippen LogP contribution is 2.22. The van der Waals surface area contributed by atoms with Gasteiger partial charge in [0.15, 0.2) is 0 Å². The van der Waals surface area contributed by atoms with Gasteiger partial charge in [-0.15, -0.1) is 11.3 Å². The Bertz CT molecular complexity index is 506. The molecule has 20 heavy (non-hydrogen) atoms. The van der Waals surface area contributed by atoms with Gasteiger partial charge in [-0.25, -0.2) is 0 Å². The number of rotatable bonds is 7. The van der Waals surface area contributed by atoms with Gasteiger partial charge in [-0.1, -0.05) is 6.07 Å². The fourth-order valence-corrected chi connectivity index (χ4v) is 3.64. The smallest absolute Gasteiger partial charge is 0.220 e. The highest BCUT2D eigenvalue weighted by Gasteiger charge is 2.16. The van der Waals surface area contributed by atoms with E-state index in [-0.39, 0.29) is 11.9 Å². The molecule has 2 heterocycles. The van der Waals surface area contributed by atoms with Crippen molar-refractivity contribution < 1.29 is 4.79 Å². The van der Waals surface area contributed by atoms with Crippen molar-refractivity contribution >= 4 is 28.6 Å². The lowest BCUT2D eigenvalue weighted by molar-refractivity contribution is -0.121. The fraction of sp³-hybridized carbons (Fsp3) is 0.400. The van der Waals surface area contributed by atoms with E-state index in [1.165, 1.54) is 10.4 Å². The molecule has 0 aromatic carbocycles. The van der Waals surface area contributed by atoms with E-state index in [1.807, 2.05) is 19.5 Å². The fourth-order valence-electron chi connectivity index (χ4n) is 2.01. The Hall–Kier alpha value is -1.17. The average molecular weight is 308 g/mol. The second-order valence-electron chi connectivity index (χ2n) is 4.93. The van der Waals surface area contributed by atoms with Crippen molar-refractivity contribution in [1.82, 2.24) is 10.2 Å². The number of hydrogen-bond donors (Lipinski definition) is 1. The Morgan fingerprint density at radius 1 is 1.35 bits per heavy atom. The summed E-state index contributed by atoms with van der Waals surface area (Å²) in [4.78, 5) is 15.3. The van der Waals surface area contributed by atoms with Gasteiger partial charge in [0.1, 0.15) is 0 Å². The molecular formula is C15H20N2OS2. The number of nitrogens with one attached hydrogen (secondary N) is 1. The minimum atomic E-state index is 0.125. The molecule has 2 aromatic heterocycles. The molecule has 0 bridgehead atoms. The highest BCUT2D eigenvalue weighted by molar-refractivity contribution is 7.10. The molecule has 3 nitrogen and oxygen atoms in total. The van der Waals surface area contributed by atoms with Gasteiger partial charge in [-0.3, -0.25) is 4.79 Å². The zero-order valence-corrected chi connectivity index (χ0v) is 13.5. The monoisotopic (exact) mass is 308 g/mol. The van der Waals surface area contributed by atoms with Crippen LogP contribution < -0.4 is 5.32 Å². The summed E-state index contributed by atoms with van der Waals surface area (Å²) in [5, 5.41) is 9.26. The van der Waals surface area contributed by atoms with Crippen LogP contribution in [-0.2, 0) is 11.2 Å². The maximum atomic E-state index is 11.9. The van der Waals surface area contributed by atoms with Gasteiger partial charge < -0.3 is 10.2 Å². The van der Waals surface area contributed by atoms with E-state index in [2.05, 4.69) is 39.2 Å². The van der Waals surface area contributed by atoms with E-state index < -0.39 is 0 Å². The third-order valence-corrected chi connectivity index (χ3v) is 4.91. The Kier molecular flexibility index (Phi) is 5.76. The predicted molar refractivity (Wildman–Crippen MR) is 86.4 cm³/mol. The minimum Gasteiger partial charge on any atom is -0.354 e. The predicted octanol–water partition coefficient (Wildman–Crippen LogP) is 3.16. The van der Waals surface area contributed by atoms with Gasteiger partial charge in [0, 0.05) is 17.8 Å². The van der Waals surface area contributed by atoms with Crippen molar-refractivity contribution in [3.05, 3.63) is 44.8 Å². The van der Waals surface area contributed by atoms with Crippen molar-refractivity contribution in [2.45, 2.75) is 18.9 Å². The van der Waals surface area contributed by atoms with Crippen molar-refractivity contribution in [2.24, 2.45) is 0 Å². The van der Waals surface area contributed by atoms with Crippen LogP contribution in [0.4, 0.5) is 0 Å². The molecule has 0 fully saturated rings. The number of carbonyl (C=O) groups is 1. The lowest BCUT2D eigenvalue weighted by Gasteiger charge is -2.23. The molecular weight excluding hydrogens is 288 g/mol. The third kappa shape index (κ3) is 4.44. The van der Waals surface area contributed by atoms with Crippen molar-refractivity contribution in [3.8, 4) is 0 Å². The zero-order valence-electron chi connectivity index (χ0n) is 11.8. The number of amides is 1. The van der Waals surface area contributed by atoms with Crippen molar-refractivity contribution in [1.29, 1.82) is 0 Å².